The van der Waals surface area contributed by atoms with Gasteiger partial charge in [0.15, 0.2) is 18.0 Å². The maximum atomic E-state index is 11.4. The van der Waals surface area contributed by atoms with Gasteiger partial charge in [0.1, 0.15) is 19.5 Å². The summed E-state index contributed by atoms with van der Waals surface area (Å²) in [7, 11) is 5.97. The number of rotatable bonds is 8. The Kier molecular flexibility index (Phi) is 5.57. The zero-order valence-corrected chi connectivity index (χ0v) is 14.6. The Morgan fingerprint density at radius 3 is 3.04 bits per heavy atom. The maximum absolute atomic E-state index is 11.4. The van der Waals surface area contributed by atoms with E-state index in [1.165, 1.54) is 12.4 Å². The van der Waals surface area contributed by atoms with Crippen molar-refractivity contribution in [1.82, 2.24) is 14.6 Å². The molecule has 2 radical (unpaired) electrons. The van der Waals surface area contributed by atoms with Gasteiger partial charge in [-0.3, -0.25) is 0 Å². The minimum atomic E-state index is -0.0829. The molecule has 0 saturated carbocycles. The topological polar surface area (TPSA) is 101 Å². The molecule has 0 aliphatic rings. The van der Waals surface area contributed by atoms with Gasteiger partial charge in [0, 0.05) is 30.4 Å². The number of pyridine rings is 1. The Labute approximate surface area is 152 Å². The minimum absolute atomic E-state index is 0.0196. The molecule has 0 aromatic carbocycles. The molecule has 0 aliphatic carbocycles. The van der Waals surface area contributed by atoms with Crippen LogP contribution in [0.5, 0.6) is 0 Å². The molecule has 3 heterocycles. The molecule has 0 bridgehead atoms. The predicted molar refractivity (Wildman–Crippen MR) is 101 cm³/mol. The molecule has 0 unspecified atom stereocenters. The Balaban J connectivity index is 1.87. The van der Waals surface area contributed by atoms with Crippen molar-refractivity contribution in [2.24, 2.45) is 0 Å². The van der Waals surface area contributed by atoms with Crippen LogP contribution in [0, 0.1) is 5.21 Å². The lowest BCUT2D eigenvalue weighted by molar-refractivity contribution is -0.605. The lowest BCUT2D eigenvalue weighted by atomic mass is 10.0. The minimum Gasteiger partial charge on any atom is -0.619 e. The molecule has 0 spiro atoms. The van der Waals surface area contributed by atoms with Crippen LogP contribution in [-0.4, -0.2) is 40.2 Å². The first-order chi connectivity index (χ1) is 12.6. The second kappa shape index (κ2) is 8.05. The Bertz CT molecular complexity index is 885. The van der Waals surface area contributed by atoms with E-state index in [0.717, 1.165) is 23.1 Å². The summed E-state index contributed by atoms with van der Waals surface area (Å²) in [5.41, 5.74) is 1.82. The molecular formula is C17H21BN6O2. The van der Waals surface area contributed by atoms with Gasteiger partial charge in [0.2, 0.25) is 0 Å². The number of aromatic nitrogens is 4. The van der Waals surface area contributed by atoms with Crippen molar-refractivity contribution in [3.8, 4) is 0 Å². The summed E-state index contributed by atoms with van der Waals surface area (Å²) in [5, 5.41) is 31.7. The quantitative estimate of drug-likeness (QED) is 0.307. The number of nitrogens with one attached hydrogen (secondary N) is 2. The van der Waals surface area contributed by atoms with E-state index in [-0.39, 0.29) is 12.6 Å². The maximum Gasteiger partial charge on any atom is 0.185 e. The van der Waals surface area contributed by atoms with Crippen molar-refractivity contribution < 1.29 is 9.84 Å². The number of anilines is 2. The summed E-state index contributed by atoms with van der Waals surface area (Å²) in [4.78, 5) is 4.49. The van der Waals surface area contributed by atoms with Crippen molar-refractivity contribution in [3.63, 3.8) is 0 Å². The molecule has 8 nitrogen and oxygen atoms in total. The van der Waals surface area contributed by atoms with Crippen molar-refractivity contribution in [3.05, 3.63) is 47.6 Å². The van der Waals surface area contributed by atoms with Gasteiger partial charge in [-0.05, 0) is 17.9 Å². The fraction of sp³-hybridized carbons (Fsp3) is 0.353. The number of fused-ring (bicyclic) bond motifs is 1. The number of aliphatic hydroxyl groups excluding tert-OH is 1. The van der Waals surface area contributed by atoms with Crippen LogP contribution < -0.4 is 20.8 Å². The first-order valence-corrected chi connectivity index (χ1v) is 8.54. The van der Waals surface area contributed by atoms with Crippen molar-refractivity contribution in [2.45, 2.75) is 32.4 Å². The molecule has 0 aliphatic heterocycles. The second-order valence-electron chi connectivity index (χ2n) is 6.10. The van der Waals surface area contributed by atoms with E-state index in [2.05, 4.69) is 27.6 Å². The molecule has 3 aromatic heterocycles. The van der Waals surface area contributed by atoms with E-state index in [0.29, 0.717) is 29.3 Å². The van der Waals surface area contributed by atoms with Gasteiger partial charge in [0.25, 0.3) is 0 Å². The average molecular weight is 352 g/mol. The van der Waals surface area contributed by atoms with Crippen molar-refractivity contribution >= 4 is 30.6 Å². The Morgan fingerprint density at radius 2 is 2.31 bits per heavy atom. The fourth-order valence-electron chi connectivity index (χ4n) is 2.74. The van der Waals surface area contributed by atoms with Crippen molar-refractivity contribution in [1.29, 1.82) is 0 Å². The number of nitrogens with zero attached hydrogens (tertiary/aromatic N) is 4. The summed E-state index contributed by atoms with van der Waals surface area (Å²) in [6.45, 7) is 2.52. The van der Waals surface area contributed by atoms with E-state index in [4.69, 9.17) is 7.85 Å². The monoisotopic (exact) mass is 352 g/mol. The third kappa shape index (κ3) is 4.05. The van der Waals surface area contributed by atoms with Crippen LogP contribution in [0.4, 0.5) is 11.6 Å². The molecule has 9 heteroatoms. The Hall–Kier alpha value is -2.81. The van der Waals surface area contributed by atoms with Crippen LogP contribution in [0.25, 0.3) is 5.65 Å². The van der Waals surface area contributed by atoms with Crippen LogP contribution in [0.15, 0.2) is 36.8 Å². The fourth-order valence-corrected chi connectivity index (χ4v) is 2.74. The predicted octanol–water partition coefficient (Wildman–Crippen LogP) is 0.341. The molecular weight excluding hydrogens is 331 g/mol. The zero-order chi connectivity index (χ0) is 18.5. The number of aliphatic hydroxyl groups is 1. The first-order valence-electron chi connectivity index (χ1n) is 8.54. The van der Waals surface area contributed by atoms with E-state index < -0.39 is 0 Å². The second-order valence-corrected chi connectivity index (χ2v) is 6.10. The Morgan fingerprint density at radius 1 is 1.46 bits per heavy atom. The summed E-state index contributed by atoms with van der Waals surface area (Å²) < 4.78 is 2.37. The van der Waals surface area contributed by atoms with E-state index in [1.807, 2.05) is 12.1 Å². The summed E-state index contributed by atoms with van der Waals surface area (Å²) in [6.07, 6.45) is 6.26. The molecule has 134 valence electrons. The normalized spacial score (nSPS) is 12.2. The average Bonchev–Trinajstić information content (AvgIpc) is 3.00. The van der Waals surface area contributed by atoms with Crippen LogP contribution in [0.3, 0.4) is 0 Å². The summed E-state index contributed by atoms with van der Waals surface area (Å²) in [6, 6.07) is 5.29. The third-order valence-corrected chi connectivity index (χ3v) is 4.02. The van der Waals surface area contributed by atoms with E-state index in [9.17, 15) is 10.3 Å². The number of hydrogen-bond acceptors (Lipinski definition) is 6. The summed E-state index contributed by atoms with van der Waals surface area (Å²) >= 11 is 0. The zero-order valence-electron chi connectivity index (χ0n) is 14.6. The van der Waals surface area contributed by atoms with Crippen LogP contribution in [0.1, 0.15) is 25.3 Å². The lowest BCUT2D eigenvalue weighted by Crippen LogP contribution is -2.25. The van der Waals surface area contributed by atoms with Crippen molar-refractivity contribution in [2.75, 3.05) is 17.2 Å². The number of hydrogen-bond donors (Lipinski definition) is 3. The molecule has 3 aromatic rings. The first kappa shape index (κ1) is 18.0. The van der Waals surface area contributed by atoms with Crippen LogP contribution in [-0.2, 0) is 6.54 Å². The molecule has 0 amide bonds. The third-order valence-electron chi connectivity index (χ3n) is 4.02. The smallest absolute Gasteiger partial charge is 0.185 e. The highest BCUT2D eigenvalue weighted by Crippen LogP contribution is 2.17. The van der Waals surface area contributed by atoms with Gasteiger partial charge in [-0.15, -0.1) is 0 Å². The standard InChI is InChI=1S/C17H21BN6O2/c1-2-4-13(11-25)21-15-7-16(24-17(22-15)14(18)9-20-24)19-8-12-5-3-6-23(26)10-12/h3,5-7,9-10,13,19,25H,2,4,8,11H2,1H3,(H,21,22)/t13-/m0/s1. The van der Waals surface area contributed by atoms with Gasteiger partial charge >= 0.3 is 0 Å². The lowest BCUT2D eigenvalue weighted by Gasteiger charge is -2.17. The molecule has 3 N–H and O–H groups in total. The highest BCUT2D eigenvalue weighted by atomic mass is 16.5. The van der Waals surface area contributed by atoms with Crippen LogP contribution >= 0.6 is 0 Å². The van der Waals surface area contributed by atoms with Gasteiger partial charge in [0.05, 0.1) is 12.6 Å². The van der Waals surface area contributed by atoms with Crippen LogP contribution in [0.2, 0.25) is 0 Å². The molecule has 0 saturated heterocycles. The van der Waals surface area contributed by atoms with Gasteiger partial charge in [-0.2, -0.15) is 14.3 Å². The van der Waals surface area contributed by atoms with Gasteiger partial charge in [-0.1, -0.05) is 13.3 Å². The van der Waals surface area contributed by atoms with E-state index >= 15 is 0 Å². The highest BCUT2D eigenvalue weighted by Gasteiger charge is 2.12. The molecule has 26 heavy (non-hydrogen) atoms. The van der Waals surface area contributed by atoms with Gasteiger partial charge in [-0.25, -0.2) is 4.98 Å². The van der Waals surface area contributed by atoms with Gasteiger partial charge < -0.3 is 20.9 Å². The molecule has 0 fully saturated rings. The highest BCUT2D eigenvalue weighted by molar-refractivity contribution is 6.36. The summed E-state index contributed by atoms with van der Waals surface area (Å²) in [5.74, 6) is 1.29. The molecule has 1 atom stereocenters. The largest absolute Gasteiger partial charge is 0.619 e. The van der Waals surface area contributed by atoms with E-state index in [1.54, 1.807) is 16.8 Å². The SMILES string of the molecule is [B]c1cnn2c(NCc3ccc[n+]([O-])c3)cc(N[C@H](CO)CCC)nc12. The molecule has 3 rings (SSSR count).